The molecule has 2 atom stereocenters. The monoisotopic (exact) mass is 247 g/mol. The zero-order chi connectivity index (χ0) is 12.4. The molecule has 98 valence electrons. The second-order valence-corrected chi connectivity index (χ2v) is 5.36. The smallest absolute Gasteiger partial charge is 0.119 e. The molecule has 1 aliphatic heterocycles. The van der Waals surface area contributed by atoms with E-state index in [-0.39, 0.29) is 6.10 Å². The molecular formula is C15H21NO2. The summed E-state index contributed by atoms with van der Waals surface area (Å²) in [7, 11) is 0. The first-order valence-corrected chi connectivity index (χ1v) is 6.91. The van der Waals surface area contributed by atoms with Gasteiger partial charge in [-0.2, -0.15) is 0 Å². The topological polar surface area (TPSA) is 30.5 Å². The van der Waals surface area contributed by atoms with Crippen molar-refractivity contribution >= 4 is 0 Å². The Morgan fingerprint density at radius 2 is 2.22 bits per heavy atom. The molecule has 1 N–H and O–H groups in total. The van der Waals surface area contributed by atoms with Crippen LogP contribution in [0.1, 0.15) is 24.5 Å². The average Bonchev–Trinajstić information content (AvgIpc) is 2.85. The van der Waals surface area contributed by atoms with Crippen molar-refractivity contribution in [1.82, 2.24) is 5.32 Å². The number of morpholine rings is 1. The minimum atomic E-state index is 0.175. The average molecular weight is 247 g/mol. The fourth-order valence-electron chi connectivity index (χ4n) is 2.67. The van der Waals surface area contributed by atoms with E-state index in [1.165, 1.54) is 30.4 Å². The van der Waals surface area contributed by atoms with Crippen LogP contribution in [0.5, 0.6) is 5.75 Å². The number of hydrogen-bond acceptors (Lipinski definition) is 3. The molecule has 18 heavy (non-hydrogen) atoms. The normalized spacial score (nSPS) is 26.9. The van der Waals surface area contributed by atoms with Gasteiger partial charge in [0.05, 0.1) is 6.61 Å². The van der Waals surface area contributed by atoms with Crippen molar-refractivity contribution in [1.29, 1.82) is 0 Å². The molecule has 1 fully saturated rings. The fraction of sp³-hybridized carbons (Fsp3) is 0.600. The van der Waals surface area contributed by atoms with Crippen LogP contribution in [0.2, 0.25) is 0 Å². The molecule has 1 saturated heterocycles. The Balaban J connectivity index is 1.54. The lowest BCUT2D eigenvalue weighted by atomic mass is 10.1. The Morgan fingerprint density at radius 1 is 1.33 bits per heavy atom. The van der Waals surface area contributed by atoms with E-state index in [9.17, 15) is 0 Å². The van der Waals surface area contributed by atoms with Gasteiger partial charge >= 0.3 is 0 Å². The first-order chi connectivity index (χ1) is 8.81. The van der Waals surface area contributed by atoms with Crippen molar-refractivity contribution in [3.8, 4) is 5.75 Å². The van der Waals surface area contributed by atoms with Gasteiger partial charge in [0.2, 0.25) is 0 Å². The third-order valence-corrected chi connectivity index (χ3v) is 3.78. The molecule has 2 unspecified atom stereocenters. The summed E-state index contributed by atoms with van der Waals surface area (Å²) < 4.78 is 11.6. The van der Waals surface area contributed by atoms with Gasteiger partial charge in [0.15, 0.2) is 0 Å². The Hall–Kier alpha value is -1.06. The van der Waals surface area contributed by atoms with E-state index in [2.05, 4.69) is 30.4 Å². The molecule has 0 bridgehead atoms. The molecule has 1 heterocycles. The quantitative estimate of drug-likeness (QED) is 0.885. The van der Waals surface area contributed by atoms with Gasteiger partial charge in [-0.1, -0.05) is 6.07 Å². The van der Waals surface area contributed by atoms with E-state index in [4.69, 9.17) is 9.47 Å². The SMILES string of the molecule is CC1COC(COc2ccc3c(c2)CCC3)CN1. The van der Waals surface area contributed by atoms with E-state index in [0.29, 0.717) is 12.6 Å². The predicted molar refractivity (Wildman–Crippen MR) is 71.2 cm³/mol. The molecule has 1 aliphatic carbocycles. The highest BCUT2D eigenvalue weighted by molar-refractivity contribution is 5.38. The number of rotatable bonds is 3. The zero-order valence-corrected chi connectivity index (χ0v) is 10.9. The van der Waals surface area contributed by atoms with Crippen molar-refractivity contribution in [3.05, 3.63) is 29.3 Å². The second kappa shape index (κ2) is 5.29. The molecule has 1 aromatic rings. The van der Waals surface area contributed by atoms with Crippen LogP contribution in [-0.2, 0) is 17.6 Å². The standard InChI is InChI=1S/C15H21NO2/c1-11-9-17-15(8-16-11)10-18-14-6-5-12-3-2-4-13(12)7-14/h5-7,11,15-16H,2-4,8-10H2,1H3. The Morgan fingerprint density at radius 3 is 3.06 bits per heavy atom. The molecule has 0 amide bonds. The Kier molecular flexibility index (Phi) is 3.52. The number of fused-ring (bicyclic) bond motifs is 1. The van der Waals surface area contributed by atoms with Crippen LogP contribution in [0.25, 0.3) is 0 Å². The van der Waals surface area contributed by atoms with Crippen LogP contribution < -0.4 is 10.1 Å². The minimum absolute atomic E-state index is 0.175. The maximum Gasteiger partial charge on any atom is 0.119 e. The van der Waals surface area contributed by atoms with Gasteiger partial charge < -0.3 is 14.8 Å². The highest BCUT2D eigenvalue weighted by Gasteiger charge is 2.18. The van der Waals surface area contributed by atoms with Crippen LogP contribution >= 0.6 is 0 Å². The molecule has 0 radical (unpaired) electrons. The van der Waals surface area contributed by atoms with Crippen LogP contribution in [0, 0.1) is 0 Å². The molecule has 0 saturated carbocycles. The highest BCUT2D eigenvalue weighted by atomic mass is 16.5. The van der Waals surface area contributed by atoms with Gasteiger partial charge in [0, 0.05) is 12.6 Å². The summed E-state index contributed by atoms with van der Waals surface area (Å²) in [5, 5.41) is 3.40. The molecule has 3 heteroatoms. The van der Waals surface area contributed by atoms with Crippen LogP contribution in [0.3, 0.4) is 0 Å². The predicted octanol–water partition coefficient (Wildman–Crippen LogP) is 1.93. The molecule has 2 aliphatic rings. The largest absolute Gasteiger partial charge is 0.491 e. The van der Waals surface area contributed by atoms with Crippen LogP contribution in [-0.4, -0.2) is 31.9 Å². The third kappa shape index (κ3) is 2.68. The third-order valence-electron chi connectivity index (χ3n) is 3.78. The summed E-state index contributed by atoms with van der Waals surface area (Å²) in [5.41, 5.74) is 2.95. The van der Waals surface area contributed by atoms with E-state index >= 15 is 0 Å². The molecular weight excluding hydrogens is 226 g/mol. The molecule has 3 rings (SSSR count). The van der Waals surface area contributed by atoms with E-state index in [1.54, 1.807) is 0 Å². The number of hydrogen-bond donors (Lipinski definition) is 1. The van der Waals surface area contributed by atoms with Crippen molar-refractivity contribution in [2.24, 2.45) is 0 Å². The molecule has 0 spiro atoms. The number of nitrogens with one attached hydrogen (secondary N) is 1. The Bertz CT molecular complexity index is 411. The van der Waals surface area contributed by atoms with Gasteiger partial charge in [-0.3, -0.25) is 0 Å². The zero-order valence-electron chi connectivity index (χ0n) is 10.9. The lowest BCUT2D eigenvalue weighted by molar-refractivity contribution is -0.0165. The van der Waals surface area contributed by atoms with Crippen molar-refractivity contribution < 1.29 is 9.47 Å². The Labute approximate surface area is 108 Å². The van der Waals surface area contributed by atoms with Gasteiger partial charge in [0.1, 0.15) is 18.5 Å². The first kappa shape index (κ1) is 12.0. The lowest BCUT2D eigenvalue weighted by Crippen LogP contribution is -2.46. The maximum absolute atomic E-state index is 5.84. The minimum Gasteiger partial charge on any atom is -0.491 e. The fourth-order valence-corrected chi connectivity index (χ4v) is 2.67. The summed E-state index contributed by atoms with van der Waals surface area (Å²) in [6.45, 7) is 4.43. The summed E-state index contributed by atoms with van der Waals surface area (Å²) in [6, 6.07) is 6.95. The number of ether oxygens (including phenoxy) is 2. The van der Waals surface area contributed by atoms with Gasteiger partial charge in [-0.25, -0.2) is 0 Å². The van der Waals surface area contributed by atoms with Crippen molar-refractivity contribution in [2.75, 3.05) is 19.8 Å². The van der Waals surface area contributed by atoms with Gasteiger partial charge in [0.25, 0.3) is 0 Å². The number of aryl methyl sites for hydroxylation is 2. The highest BCUT2D eigenvalue weighted by Crippen LogP contribution is 2.26. The number of benzene rings is 1. The molecule has 3 nitrogen and oxygen atoms in total. The van der Waals surface area contributed by atoms with E-state index in [0.717, 1.165) is 18.9 Å². The first-order valence-electron chi connectivity index (χ1n) is 6.91. The summed E-state index contributed by atoms with van der Waals surface area (Å²) in [6.07, 6.45) is 3.88. The lowest BCUT2D eigenvalue weighted by Gasteiger charge is -2.28. The summed E-state index contributed by atoms with van der Waals surface area (Å²) in [4.78, 5) is 0. The summed E-state index contributed by atoms with van der Waals surface area (Å²) >= 11 is 0. The van der Waals surface area contributed by atoms with E-state index in [1.807, 2.05) is 0 Å². The van der Waals surface area contributed by atoms with Gasteiger partial charge in [-0.15, -0.1) is 0 Å². The molecule has 1 aromatic carbocycles. The summed E-state index contributed by atoms with van der Waals surface area (Å²) in [5.74, 6) is 0.984. The van der Waals surface area contributed by atoms with Crippen LogP contribution in [0.4, 0.5) is 0 Å². The van der Waals surface area contributed by atoms with Gasteiger partial charge in [-0.05, 0) is 49.4 Å². The van der Waals surface area contributed by atoms with Crippen molar-refractivity contribution in [2.45, 2.75) is 38.3 Å². The maximum atomic E-state index is 5.84. The van der Waals surface area contributed by atoms with E-state index < -0.39 is 0 Å². The van der Waals surface area contributed by atoms with Crippen molar-refractivity contribution in [3.63, 3.8) is 0 Å². The molecule has 0 aromatic heterocycles. The second-order valence-electron chi connectivity index (χ2n) is 5.36. The van der Waals surface area contributed by atoms with Crippen LogP contribution in [0.15, 0.2) is 18.2 Å².